The summed E-state index contributed by atoms with van der Waals surface area (Å²) in [4.78, 5) is 14.6. The number of carbonyl (C=O) groups excluding carboxylic acids is 1. The van der Waals surface area contributed by atoms with Crippen molar-refractivity contribution < 1.29 is 4.79 Å². The van der Waals surface area contributed by atoms with Gasteiger partial charge in [0.15, 0.2) is 0 Å². The van der Waals surface area contributed by atoms with Gasteiger partial charge in [-0.05, 0) is 12.1 Å². The number of hydrogen-bond acceptors (Lipinski definition) is 4. The largest absolute Gasteiger partial charge is 0.368 e. The van der Waals surface area contributed by atoms with Crippen LogP contribution in [0, 0.1) is 11.3 Å². The molecule has 0 saturated carbocycles. The first-order chi connectivity index (χ1) is 7.22. The molecule has 1 aromatic rings. The highest BCUT2D eigenvalue weighted by atomic mass is 16.1. The Kier molecular flexibility index (Phi) is 4.10. The van der Waals surface area contributed by atoms with Gasteiger partial charge < -0.3 is 10.6 Å². The number of aromatic nitrogens is 1. The van der Waals surface area contributed by atoms with Gasteiger partial charge in [-0.3, -0.25) is 4.79 Å². The Morgan fingerprint density at radius 1 is 1.53 bits per heavy atom. The molecule has 0 aliphatic heterocycles. The maximum Gasteiger partial charge on any atom is 0.216 e. The summed E-state index contributed by atoms with van der Waals surface area (Å²) in [5.41, 5.74) is 0.375. The summed E-state index contributed by atoms with van der Waals surface area (Å²) in [6.45, 7) is 2.59. The second kappa shape index (κ2) is 5.60. The molecule has 1 aromatic heterocycles. The van der Waals surface area contributed by atoms with Crippen LogP contribution >= 0.6 is 0 Å². The van der Waals surface area contributed by atoms with Crippen molar-refractivity contribution in [1.82, 2.24) is 10.3 Å². The van der Waals surface area contributed by atoms with Gasteiger partial charge in [0, 0.05) is 20.0 Å². The lowest BCUT2D eigenvalue weighted by atomic mass is 10.3. The maximum atomic E-state index is 10.6. The Morgan fingerprint density at radius 2 is 2.33 bits per heavy atom. The molecule has 0 spiro atoms. The first kappa shape index (κ1) is 11.0. The van der Waals surface area contributed by atoms with Crippen LogP contribution in [-0.4, -0.2) is 24.0 Å². The van der Waals surface area contributed by atoms with Gasteiger partial charge in [-0.1, -0.05) is 6.07 Å². The van der Waals surface area contributed by atoms with Gasteiger partial charge in [-0.25, -0.2) is 4.98 Å². The summed E-state index contributed by atoms with van der Waals surface area (Å²) in [6.07, 6.45) is 0. The molecule has 1 heterocycles. The van der Waals surface area contributed by atoms with Gasteiger partial charge in [0.25, 0.3) is 0 Å². The van der Waals surface area contributed by atoms with Crippen LogP contribution in [0.5, 0.6) is 0 Å². The molecule has 78 valence electrons. The van der Waals surface area contributed by atoms with E-state index in [9.17, 15) is 4.79 Å². The Hall–Kier alpha value is -2.09. The predicted molar refractivity (Wildman–Crippen MR) is 56.1 cm³/mol. The van der Waals surface area contributed by atoms with E-state index in [1.165, 1.54) is 6.92 Å². The van der Waals surface area contributed by atoms with E-state index in [0.29, 0.717) is 24.6 Å². The number of rotatable bonds is 4. The summed E-state index contributed by atoms with van der Waals surface area (Å²) in [7, 11) is 0. The molecule has 1 amide bonds. The maximum absolute atomic E-state index is 10.6. The fraction of sp³-hybridized carbons (Fsp3) is 0.300. The molecule has 0 unspecified atom stereocenters. The number of hydrogen-bond donors (Lipinski definition) is 2. The van der Waals surface area contributed by atoms with Crippen LogP contribution in [-0.2, 0) is 4.79 Å². The molecular weight excluding hydrogens is 192 g/mol. The molecule has 0 aliphatic carbocycles. The van der Waals surface area contributed by atoms with Gasteiger partial charge >= 0.3 is 0 Å². The van der Waals surface area contributed by atoms with E-state index in [-0.39, 0.29) is 5.91 Å². The van der Waals surface area contributed by atoms with E-state index in [1.807, 2.05) is 6.07 Å². The lowest BCUT2D eigenvalue weighted by Gasteiger charge is -2.05. The SMILES string of the molecule is CC(=O)NCCNc1cccc(C#N)n1. The molecule has 2 N–H and O–H groups in total. The number of anilines is 1. The van der Waals surface area contributed by atoms with Crippen LogP contribution in [0.4, 0.5) is 5.82 Å². The van der Waals surface area contributed by atoms with Crippen molar-refractivity contribution in [2.75, 3.05) is 18.4 Å². The molecule has 0 radical (unpaired) electrons. The lowest BCUT2D eigenvalue weighted by molar-refractivity contribution is -0.118. The van der Waals surface area contributed by atoms with Crippen molar-refractivity contribution in [1.29, 1.82) is 5.26 Å². The van der Waals surface area contributed by atoms with E-state index < -0.39 is 0 Å². The van der Waals surface area contributed by atoms with Crippen LogP contribution in [0.3, 0.4) is 0 Å². The molecule has 1 rings (SSSR count). The van der Waals surface area contributed by atoms with Crippen LogP contribution in [0.2, 0.25) is 0 Å². The van der Waals surface area contributed by atoms with Crippen molar-refractivity contribution in [2.24, 2.45) is 0 Å². The third-order valence-electron chi connectivity index (χ3n) is 1.67. The van der Waals surface area contributed by atoms with Gasteiger partial charge in [-0.15, -0.1) is 0 Å². The zero-order valence-corrected chi connectivity index (χ0v) is 8.45. The number of nitrogens with zero attached hydrogens (tertiary/aromatic N) is 2. The summed E-state index contributed by atoms with van der Waals surface area (Å²) in [6, 6.07) is 7.12. The molecule has 0 bridgehead atoms. The van der Waals surface area contributed by atoms with Crippen LogP contribution in [0.1, 0.15) is 12.6 Å². The van der Waals surface area contributed by atoms with Crippen molar-refractivity contribution in [3.63, 3.8) is 0 Å². The minimum atomic E-state index is -0.0597. The molecule has 5 heteroatoms. The van der Waals surface area contributed by atoms with Crippen LogP contribution < -0.4 is 10.6 Å². The summed E-state index contributed by atoms with van der Waals surface area (Å²) < 4.78 is 0. The molecule has 0 aromatic carbocycles. The first-order valence-electron chi connectivity index (χ1n) is 4.58. The smallest absolute Gasteiger partial charge is 0.216 e. The number of nitriles is 1. The molecular formula is C10H12N4O. The second-order valence-corrected chi connectivity index (χ2v) is 2.93. The third kappa shape index (κ3) is 4.09. The molecule has 0 aliphatic rings. The predicted octanol–water partition coefficient (Wildman–Crippen LogP) is 0.501. The quantitative estimate of drug-likeness (QED) is 0.700. The average Bonchev–Trinajstić information content (AvgIpc) is 2.24. The van der Waals surface area contributed by atoms with Gasteiger partial charge in [-0.2, -0.15) is 5.26 Å². The highest BCUT2D eigenvalue weighted by molar-refractivity contribution is 5.72. The molecule has 15 heavy (non-hydrogen) atoms. The highest BCUT2D eigenvalue weighted by Gasteiger charge is 1.95. The van der Waals surface area contributed by atoms with E-state index in [1.54, 1.807) is 18.2 Å². The Bertz CT molecular complexity index is 383. The molecule has 0 saturated heterocycles. The second-order valence-electron chi connectivity index (χ2n) is 2.93. The topological polar surface area (TPSA) is 77.8 Å². The van der Waals surface area contributed by atoms with E-state index in [0.717, 1.165) is 0 Å². The minimum Gasteiger partial charge on any atom is -0.368 e. The van der Waals surface area contributed by atoms with Crippen molar-refractivity contribution in [2.45, 2.75) is 6.92 Å². The standard InChI is InChI=1S/C10H12N4O/c1-8(15)12-5-6-13-10-4-2-3-9(7-11)14-10/h2-4H,5-6H2,1H3,(H,12,15)(H,13,14). The summed E-state index contributed by atoms with van der Waals surface area (Å²) >= 11 is 0. The van der Waals surface area contributed by atoms with E-state index >= 15 is 0 Å². The van der Waals surface area contributed by atoms with Gasteiger partial charge in [0.1, 0.15) is 17.6 Å². The molecule has 0 fully saturated rings. The average molecular weight is 204 g/mol. The highest BCUT2D eigenvalue weighted by Crippen LogP contribution is 2.02. The lowest BCUT2D eigenvalue weighted by Crippen LogP contribution is -2.26. The van der Waals surface area contributed by atoms with Crippen molar-refractivity contribution in [3.05, 3.63) is 23.9 Å². The minimum absolute atomic E-state index is 0.0597. The van der Waals surface area contributed by atoms with Crippen LogP contribution in [0.25, 0.3) is 0 Å². The Labute approximate surface area is 88.1 Å². The van der Waals surface area contributed by atoms with Crippen molar-refractivity contribution in [3.8, 4) is 6.07 Å². The van der Waals surface area contributed by atoms with Gasteiger partial charge in [0.05, 0.1) is 0 Å². The van der Waals surface area contributed by atoms with Crippen LogP contribution in [0.15, 0.2) is 18.2 Å². The number of nitrogens with one attached hydrogen (secondary N) is 2. The number of carbonyl (C=O) groups is 1. The van der Waals surface area contributed by atoms with Crippen molar-refractivity contribution >= 4 is 11.7 Å². The fourth-order valence-electron chi connectivity index (χ4n) is 1.02. The molecule has 5 nitrogen and oxygen atoms in total. The van der Waals surface area contributed by atoms with E-state index in [4.69, 9.17) is 5.26 Å². The zero-order valence-electron chi connectivity index (χ0n) is 8.45. The normalized spacial score (nSPS) is 9.07. The Balaban J connectivity index is 2.38. The number of amides is 1. The van der Waals surface area contributed by atoms with Gasteiger partial charge in [0.2, 0.25) is 5.91 Å². The summed E-state index contributed by atoms with van der Waals surface area (Å²) in [5, 5.41) is 14.3. The molecule has 0 atom stereocenters. The zero-order chi connectivity index (χ0) is 11.1. The Morgan fingerprint density at radius 3 is 3.00 bits per heavy atom. The summed E-state index contributed by atoms with van der Waals surface area (Å²) in [5.74, 6) is 0.579. The number of pyridine rings is 1. The monoisotopic (exact) mass is 204 g/mol. The first-order valence-corrected chi connectivity index (χ1v) is 4.58. The third-order valence-corrected chi connectivity index (χ3v) is 1.67. The van der Waals surface area contributed by atoms with E-state index in [2.05, 4.69) is 15.6 Å². The fourth-order valence-corrected chi connectivity index (χ4v) is 1.02.